The highest BCUT2D eigenvalue weighted by molar-refractivity contribution is 5.91. The first-order valence-corrected chi connectivity index (χ1v) is 6.14. The summed E-state index contributed by atoms with van der Waals surface area (Å²) in [6, 6.07) is 3.65. The molecular formula is C14H21NO3. The Balaban J connectivity index is 2.85. The maximum absolute atomic E-state index is 11.7. The van der Waals surface area contributed by atoms with E-state index in [0.29, 0.717) is 17.9 Å². The molecule has 100 valence electrons. The largest absolute Gasteiger partial charge is 0.493 e. The maximum Gasteiger partial charge on any atom is 0.224 e. The number of methoxy groups -OCH3 is 2. The summed E-state index contributed by atoms with van der Waals surface area (Å²) in [6.45, 7) is 3.99. The van der Waals surface area contributed by atoms with Gasteiger partial charge >= 0.3 is 0 Å². The third kappa shape index (κ3) is 3.65. The van der Waals surface area contributed by atoms with E-state index in [0.717, 1.165) is 24.1 Å². The number of hydrogen-bond acceptors (Lipinski definition) is 3. The van der Waals surface area contributed by atoms with Gasteiger partial charge in [0.15, 0.2) is 11.5 Å². The summed E-state index contributed by atoms with van der Waals surface area (Å²) >= 11 is 0. The highest BCUT2D eigenvalue weighted by atomic mass is 16.5. The van der Waals surface area contributed by atoms with Crippen LogP contribution in [0.15, 0.2) is 12.1 Å². The van der Waals surface area contributed by atoms with E-state index in [2.05, 4.69) is 12.2 Å². The first-order chi connectivity index (χ1) is 8.62. The van der Waals surface area contributed by atoms with Gasteiger partial charge in [-0.1, -0.05) is 13.3 Å². The van der Waals surface area contributed by atoms with Crippen LogP contribution in [0.2, 0.25) is 0 Å². The SMILES string of the molecule is CCCCC(=O)Nc1cc(OC)c(OC)cc1C. The van der Waals surface area contributed by atoms with Crippen LogP contribution in [0.5, 0.6) is 11.5 Å². The molecule has 0 aromatic heterocycles. The summed E-state index contributed by atoms with van der Waals surface area (Å²) in [5.41, 5.74) is 1.73. The van der Waals surface area contributed by atoms with Crippen LogP contribution < -0.4 is 14.8 Å². The van der Waals surface area contributed by atoms with Crippen molar-refractivity contribution in [2.24, 2.45) is 0 Å². The van der Waals surface area contributed by atoms with Crippen LogP contribution in [0.3, 0.4) is 0 Å². The number of aryl methyl sites for hydroxylation is 1. The number of carbonyl (C=O) groups is 1. The molecule has 0 spiro atoms. The van der Waals surface area contributed by atoms with Crippen molar-refractivity contribution in [3.8, 4) is 11.5 Å². The van der Waals surface area contributed by atoms with Crippen LogP contribution in [0.25, 0.3) is 0 Å². The Morgan fingerprint density at radius 3 is 2.39 bits per heavy atom. The molecule has 0 bridgehead atoms. The lowest BCUT2D eigenvalue weighted by Crippen LogP contribution is -2.12. The van der Waals surface area contributed by atoms with E-state index in [4.69, 9.17) is 9.47 Å². The van der Waals surface area contributed by atoms with Crippen molar-refractivity contribution in [3.63, 3.8) is 0 Å². The fourth-order valence-corrected chi connectivity index (χ4v) is 1.67. The van der Waals surface area contributed by atoms with E-state index < -0.39 is 0 Å². The van der Waals surface area contributed by atoms with Gasteiger partial charge in [-0.3, -0.25) is 4.79 Å². The Morgan fingerprint density at radius 1 is 1.22 bits per heavy atom. The molecule has 0 aliphatic heterocycles. The predicted octanol–water partition coefficient (Wildman–Crippen LogP) is 3.14. The number of carbonyl (C=O) groups excluding carboxylic acids is 1. The standard InChI is InChI=1S/C14H21NO3/c1-5-6-7-14(16)15-11-9-13(18-4)12(17-3)8-10(11)2/h8-9H,5-7H2,1-4H3,(H,15,16). The van der Waals surface area contributed by atoms with Crippen molar-refractivity contribution in [1.82, 2.24) is 0 Å². The van der Waals surface area contributed by atoms with Crippen LogP contribution in [-0.4, -0.2) is 20.1 Å². The van der Waals surface area contributed by atoms with E-state index in [-0.39, 0.29) is 5.91 Å². The van der Waals surface area contributed by atoms with Gasteiger partial charge in [0.2, 0.25) is 5.91 Å². The smallest absolute Gasteiger partial charge is 0.224 e. The summed E-state index contributed by atoms with van der Waals surface area (Å²) in [6.07, 6.45) is 2.46. The van der Waals surface area contributed by atoms with E-state index in [1.165, 1.54) is 0 Å². The van der Waals surface area contributed by atoms with Crippen molar-refractivity contribution in [3.05, 3.63) is 17.7 Å². The van der Waals surface area contributed by atoms with Crippen molar-refractivity contribution in [2.75, 3.05) is 19.5 Å². The summed E-state index contributed by atoms with van der Waals surface area (Å²) in [5, 5.41) is 2.90. The number of amides is 1. The van der Waals surface area contributed by atoms with Gasteiger partial charge < -0.3 is 14.8 Å². The van der Waals surface area contributed by atoms with Crippen LogP contribution in [0.1, 0.15) is 31.7 Å². The molecule has 1 aromatic carbocycles. The molecule has 1 N–H and O–H groups in total. The average Bonchev–Trinajstić information content (AvgIpc) is 2.38. The molecule has 0 atom stereocenters. The zero-order valence-corrected chi connectivity index (χ0v) is 11.5. The second kappa shape index (κ2) is 6.89. The fraction of sp³-hybridized carbons (Fsp3) is 0.500. The van der Waals surface area contributed by atoms with Gasteiger partial charge in [0.1, 0.15) is 0 Å². The fourth-order valence-electron chi connectivity index (χ4n) is 1.67. The molecule has 1 rings (SSSR count). The molecular weight excluding hydrogens is 230 g/mol. The molecule has 1 aromatic rings. The number of rotatable bonds is 6. The second-order valence-corrected chi connectivity index (χ2v) is 4.17. The summed E-state index contributed by atoms with van der Waals surface area (Å²) in [7, 11) is 3.17. The lowest BCUT2D eigenvalue weighted by molar-refractivity contribution is -0.116. The summed E-state index contributed by atoms with van der Waals surface area (Å²) in [5.74, 6) is 1.32. The van der Waals surface area contributed by atoms with Gasteiger partial charge in [-0.2, -0.15) is 0 Å². The normalized spacial score (nSPS) is 10.0. The molecule has 0 aliphatic carbocycles. The number of benzene rings is 1. The number of ether oxygens (including phenoxy) is 2. The van der Waals surface area contributed by atoms with E-state index >= 15 is 0 Å². The molecule has 18 heavy (non-hydrogen) atoms. The van der Waals surface area contributed by atoms with Gasteiger partial charge in [-0.05, 0) is 25.0 Å². The third-order valence-electron chi connectivity index (χ3n) is 2.76. The summed E-state index contributed by atoms with van der Waals surface area (Å²) in [4.78, 5) is 11.7. The summed E-state index contributed by atoms with van der Waals surface area (Å²) < 4.78 is 10.4. The van der Waals surface area contributed by atoms with Gasteiger partial charge in [-0.15, -0.1) is 0 Å². The predicted molar refractivity (Wildman–Crippen MR) is 72.4 cm³/mol. The van der Waals surface area contributed by atoms with Gasteiger partial charge in [0.25, 0.3) is 0 Å². The molecule has 0 saturated carbocycles. The Morgan fingerprint density at radius 2 is 1.83 bits per heavy atom. The molecule has 1 amide bonds. The van der Waals surface area contributed by atoms with Crippen molar-refractivity contribution in [1.29, 1.82) is 0 Å². The first kappa shape index (κ1) is 14.4. The van der Waals surface area contributed by atoms with Crippen LogP contribution in [0.4, 0.5) is 5.69 Å². The van der Waals surface area contributed by atoms with E-state index in [9.17, 15) is 4.79 Å². The van der Waals surface area contributed by atoms with E-state index in [1.54, 1.807) is 20.3 Å². The molecule has 0 fully saturated rings. The molecule has 0 unspecified atom stereocenters. The Hall–Kier alpha value is -1.71. The van der Waals surface area contributed by atoms with Crippen LogP contribution >= 0.6 is 0 Å². The minimum absolute atomic E-state index is 0.0344. The number of hydrogen-bond donors (Lipinski definition) is 1. The Kier molecular flexibility index (Phi) is 5.49. The monoisotopic (exact) mass is 251 g/mol. The highest BCUT2D eigenvalue weighted by Gasteiger charge is 2.10. The van der Waals surface area contributed by atoms with Crippen LogP contribution in [0, 0.1) is 6.92 Å². The van der Waals surface area contributed by atoms with Crippen LogP contribution in [-0.2, 0) is 4.79 Å². The minimum atomic E-state index is 0.0344. The zero-order chi connectivity index (χ0) is 13.5. The van der Waals surface area contributed by atoms with Gasteiger partial charge in [0.05, 0.1) is 14.2 Å². The second-order valence-electron chi connectivity index (χ2n) is 4.17. The minimum Gasteiger partial charge on any atom is -0.493 e. The topological polar surface area (TPSA) is 47.6 Å². The number of nitrogens with one attached hydrogen (secondary N) is 1. The lowest BCUT2D eigenvalue weighted by Gasteiger charge is -2.13. The first-order valence-electron chi connectivity index (χ1n) is 6.14. The lowest BCUT2D eigenvalue weighted by atomic mass is 10.1. The molecule has 0 radical (unpaired) electrons. The van der Waals surface area contributed by atoms with Crippen molar-refractivity contribution < 1.29 is 14.3 Å². The van der Waals surface area contributed by atoms with Gasteiger partial charge in [-0.25, -0.2) is 0 Å². The molecule has 0 saturated heterocycles. The number of unbranched alkanes of at least 4 members (excludes halogenated alkanes) is 1. The van der Waals surface area contributed by atoms with Crippen molar-refractivity contribution >= 4 is 11.6 Å². The molecule has 0 heterocycles. The third-order valence-corrected chi connectivity index (χ3v) is 2.76. The van der Waals surface area contributed by atoms with E-state index in [1.807, 2.05) is 13.0 Å². The quantitative estimate of drug-likeness (QED) is 0.845. The average molecular weight is 251 g/mol. The Labute approximate surface area is 108 Å². The highest BCUT2D eigenvalue weighted by Crippen LogP contribution is 2.32. The zero-order valence-electron chi connectivity index (χ0n) is 11.5. The maximum atomic E-state index is 11.7. The van der Waals surface area contributed by atoms with Gasteiger partial charge in [0, 0.05) is 18.2 Å². The molecule has 4 nitrogen and oxygen atoms in total. The number of anilines is 1. The Bertz CT molecular complexity index is 416. The van der Waals surface area contributed by atoms with Crippen molar-refractivity contribution in [2.45, 2.75) is 33.1 Å². The molecule has 4 heteroatoms. The molecule has 0 aliphatic rings.